The summed E-state index contributed by atoms with van der Waals surface area (Å²) in [4.78, 5) is 0. The molecule has 0 radical (unpaired) electrons. The highest BCUT2D eigenvalue weighted by Gasteiger charge is 2.06. The largest absolute Gasteiger partial charge is 0.435 e. The van der Waals surface area contributed by atoms with Gasteiger partial charge in [-0.25, -0.2) is 8.78 Å². The topological polar surface area (TPSA) is 21.3 Å². The number of halogens is 4. The fraction of sp³-hybridized carbons (Fsp3) is 0.200. The molecule has 2 nitrogen and oxygen atoms in total. The molecule has 0 heterocycles. The van der Waals surface area contributed by atoms with Crippen molar-refractivity contribution in [2.75, 3.05) is 5.32 Å². The van der Waals surface area contributed by atoms with E-state index >= 15 is 0 Å². The van der Waals surface area contributed by atoms with Gasteiger partial charge >= 0.3 is 6.61 Å². The molecular formula is C15H13F4NO. The number of hydrogen-bond acceptors (Lipinski definition) is 2. The van der Waals surface area contributed by atoms with E-state index in [1.165, 1.54) is 24.3 Å². The van der Waals surface area contributed by atoms with Crippen LogP contribution in [0.15, 0.2) is 48.5 Å². The van der Waals surface area contributed by atoms with Gasteiger partial charge < -0.3 is 10.1 Å². The maximum Gasteiger partial charge on any atom is 0.387 e. The summed E-state index contributed by atoms with van der Waals surface area (Å²) in [6, 6.07) is 12.0. The Morgan fingerprint density at radius 1 is 0.857 bits per heavy atom. The molecule has 0 bridgehead atoms. The van der Waals surface area contributed by atoms with Gasteiger partial charge in [0, 0.05) is 17.8 Å². The van der Waals surface area contributed by atoms with E-state index in [0.29, 0.717) is 6.54 Å². The lowest BCUT2D eigenvalue weighted by molar-refractivity contribution is -0.0498. The zero-order chi connectivity index (χ0) is 15.2. The van der Waals surface area contributed by atoms with Gasteiger partial charge in [-0.05, 0) is 29.8 Å². The van der Waals surface area contributed by atoms with Gasteiger partial charge in [0.25, 0.3) is 6.43 Å². The number of hydrogen-bond donors (Lipinski definition) is 1. The average molecular weight is 299 g/mol. The van der Waals surface area contributed by atoms with Crippen LogP contribution in [0.5, 0.6) is 5.75 Å². The molecule has 0 aliphatic carbocycles. The lowest BCUT2D eigenvalue weighted by Gasteiger charge is -2.09. The summed E-state index contributed by atoms with van der Waals surface area (Å²) in [5, 5.41) is 3.06. The Bertz CT molecular complexity index is 555. The predicted octanol–water partition coefficient (Wildman–Crippen LogP) is 4.84. The minimum absolute atomic E-state index is 0.0211. The van der Waals surface area contributed by atoms with Crippen LogP contribution in [0.2, 0.25) is 0 Å². The number of ether oxygens (including phenoxy) is 1. The Kier molecular flexibility index (Phi) is 5.03. The van der Waals surface area contributed by atoms with Crippen molar-refractivity contribution in [3.05, 3.63) is 59.7 Å². The van der Waals surface area contributed by atoms with Crippen LogP contribution in [0.1, 0.15) is 17.6 Å². The van der Waals surface area contributed by atoms with E-state index in [-0.39, 0.29) is 11.3 Å². The first-order valence-electron chi connectivity index (χ1n) is 6.20. The number of benzene rings is 2. The second-order valence-corrected chi connectivity index (χ2v) is 4.30. The molecule has 1 N–H and O–H groups in total. The summed E-state index contributed by atoms with van der Waals surface area (Å²) >= 11 is 0. The molecule has 0 amide bonds. The molecule has 2 aromatic rings. The summed E-state index contributed by atoms with van der Waals surface area (Å²) in [5.41, 5.74) is 1.54. The summed E-state index contributed by atoms with van der Waals surface area (Å²) in [5.74, 6) is 0.0804. The fourth-order valence-electron chi connectivity index (χ4n) is 1.74. The molecule has 0 spiro atoms. The summed E-state index contributed by atoms with van der Waals surface area (Å²) in [6.07, 6.45) is -2.48. The van der Waals surface area contributed by atoms with Gasteiger partial charge in [0.05, 0.1) is 0 Å². The molecule has 0 unspecified atom stereocenters. The lowest BCUT2D eigenvalue weighted by Crippen LogP contribution is -2.02. The van der Waals surface area contributed by atoms with E-state index in [1.807, 2.05) is 0 Å². The van der Waals surface area contributed by atoms with E-state index < -0.39 is 13.0 Å². The van der Waals surface area contributed by atoms with Crippen LogP contribution in [-0.4, -0.2) is 6.61 Å². The molecular weight excluding hydrogens is 286 g/mol. The van der Waals surface area contributed by atoms with Gasteiger partial charge in [-0.2, -0.15) is 8.78 Å². The SMILES string of the molecule is FC(F)Oc1ccc(NCc2ccc(C(F)F)cc2)cc1. The quantitative estimate of drug-likeness (QED) is 0.771. The molecule has 21 heavy (non-hydrogen) atoms. The van der Waals surface area contributed by atoms with Gasteiger partial charge in [-0.1, -0.05) is 24.3 Å². The Balaban J connectivity index is 1.90. The van der Waals surface area contributed by atoms with E-state index in [0.717, 1.165) is 11.3 Å². The van der Waals surface area contributed by atoms with Crippen LogP contribution < -0.4 is 10.1 Å². The van der Waals surface area contributed by atoms with E-state index in [9.17, 15) is 17.6 Å². The monoisotopic (exact) mass is 299 g/mol. The molecule has 0 aromatic heterocycles. The van der Waals surface area contributed by atoms with E-state index in [4.69, 9.17) is 0 Å². The third-order valence-electron chi connectivity index (χ3n) is 2.81. The highest BCUT2D eigenvalue weighted by molar-refractivity contribution is 5.46. The molecule has 0 atom stereocenters. The summed E-state index contributed by atoms with van der Waals surface area (Å²) < 4.78 is 53.0. The van der Waals surface area contributed by atoms with Crippen LogP contribution in [0.4, 0.5) is 23.2 Å². The average Bonchev–Trinajstić information content (AvgIpc) is 2.46. The predicted molar refractivity (Wildman–Crippen MR) is 71.8 cm³/mol. The van der Waals surface area contributed by atoms with Crippen molar-refractivity contribution in [3.63, 3.8) is 0 Å². The van der Waals surface area contributed by atoms with Crippen LogP contribution in [0.3, 0.4) is 0 Å². The van der Waals surface area contributed by atoms with Crippen molar-refractivity contribution in [3.8, 4) is 5.75 Å². The van der Waals surface area contributed by atoms with Gasteiger partial charge in [-0.3, -0.25) is 0 Å². The standard InChI is InChI=1S/C15H13F4NO/c16-14(17)11-3-1-10(2-4-11)9-20-12-5-7-13(8-6-12)21-15(18)19/h1-8,14-15,20H,9H2. The van der Waals surface area contributed by atoms with Gasteiger partial charge in [0.2, 0.25) is 0 Å². The Labute approximate surface area is 119 Å². The molecule has 2 rings (SSSR count). The zero-order valence-electron chi connectivity index (χ0n) is 10.9. The van der Waals surface area contributed by atoms with Gasteiger partial charge in [-0.15, -0.1) is 0 Å². The molecule has 0 saturated carbocycles. The molecule has 6 heteroatoms. The normalized spacial score (nSPS) is 11.0. The van der Waals surface area contributed by atoms with Gasteiger partial charge in [0.1, 0.15) is 5.75 Å². The molecule has 0 aliphatic heterocycles. The highest BCUT2D eigenvalue weighted by Crippen LogP contribution is 2.20. The minimum atomic E-state index is -2.85. The maximum atomic E-state index is 12.4. The second-order valence-electron chi connectivity index (χ2n) is 4.30. The van der Waals surface area contributed by atoms with E-state index in [1.54, 1.807) is 24.3 Å². The van der Waals surface area contributed by atoms with Crippen LogP contribution >= 0.6 is 0 Å². The van der Waals surface area contributed by atoms with Crippen molar-refractivity contribution < 1.29 is 22.3 Å². The number of rotatable bonds is 6. The van der Waals surface area contributed by atoms with E-state index in [2.05, 4.69) is 10.1 Å². The molecule has 112 valence electrons. The number of alkyl halides is 4. The summed E-state index contributed by atoms with van der Waals surface area (Å²) in [6.45, 7) is -2.41. The maximum absolute atomic E-state index is 12.4. The molecule has 2 aromatic carbocycles. The molecule has 0 aliphatic rings. The molecule has 0 saturated heterocycles. The van der Waals surface area contributed by atoms with Crippen LogP contribution in [0, 0.1) is 0 Å². The number of anilines is 1. The third-order valence-corrected chi connectivity index (χ3v) is 2.81. The van der Waals surface area contributed by atoms with Crippen LogP contribution in [0.25, 0.3) is 0 Å². The van der Waals surface area contributed by atoms with Crippen molar-refractivity contribution in [1.29, 1.82) is 0 Å². The van der Waals surface area contributed by atoms with Crippen molar-refractivity contribution in [2.45, 2.75) is 19.6 Å². The Morgan fingerprint density at radius 3 is 2.00 bits per heavy atom. The lowest BCUT2D eigenvalue weighted by atomic mass is 10.1. The Morgan fingerprint density at radius 2 is 1.48 bits per heavy atom. The fourth-order valence-corrected chi connectivity index (χ4v) is 1.74. The van der Waals surface area contributed by atoms with Gasteiger partial charge in [0.15, 0.2) is 0 Å². The first kappa shape index (κ1) is 15.2. The Hall–Kier alpha value is -2.24. The smallest absolute Gasteiger partial charge is 0.387 e. The van der Waals surface area contributed by atoms with Crippen LogP contribution in [-0.2, 0) is 6.54 Å². The summed E-state index contributed by atoms with van der Waals surface area (Å²) in [7, 11) is 0. The first-order chi connectivity index (χ1) is 10.0. The number of nitrogens with one attached hydrogen (secondary N) is 1. The minimum Gasteiger partial charge on any atom is -0.435 e. The molecule has 0 fully saturated rings. The second kappa shape index (κ2) is 6.97. The van der Waals surface area contributed by atoms with Crippen molar-refractivity contribution >= 4 is 5.69 Å². The first-order valence-corrected chi connectivity index (χ1v) is 6.20. The van der Waals surface area contributed by atoms with Crippen molar-refractivity contribution in [2.24, 2.45) is 0 Å². The zero-order valence-corrected chi connectivity index (χ0v) is 10.9. The third kappa shape index (κ3) is 4.66. The highest BCUT2D eigenvalue weighted by atomic mass is 19.3. The van der Waals surface area contributed by atoms with Crippen molar-refractivity contribution in [1.82, 2.24) is 0 Å².